The molecule has 17 heavy (non-hydrogen) atoms. The normalized spacial score (nSPS) is 10.9. The van der Waals surface area contributed by atoms with Gasteiger partial charge in [0, 0.05) is 0 Å². The van der Waals surface area contributed by atoms with Crippen LogP contribution in [0.25, 0.3) is 0 Å². The Morgan fingerprint density at radius 3 is 2.71 bits per heavy atom. The van der Waals surface area contributed by atoms with Crippen LogP contribution in [0.4, 0.5) is 17.2 Å². The highest BCUT2D eigenvalue weighted by Crippen LogP contribution is 2.30. The minimum Gasteiger partial charge on any atom is -0.494 e. The van der Waals surface area contributed by atoms with Crippen LogP contribution < -0.4 is 10.5 Å². The maximum absolute atomic E-state index is 5.65. The number of nitrogens with one attached hydrogen (secondary N) is 1. The van der Waals surface area contributed by atoms with Crippen molar-refractivity contribution in [2.75, 3.05) is 12.8 Å². The lowest BCUT2D eigenvalue weighted by Gasteiger charge is -2.01. The van der Waals surface area contributed by atoms with Crippen LogP contribution in [0.1, 0.15) is 5.69 Å². The van der Waals surface area contributed by atoms with E-state index < -0.39 is 0 Å². The first-order valence-electron chi connectivity index (χ1n) is 5.07. The molecule has 3 N–H and O–H groups in total. The lowest BCUT2D eigenvalue weighted by atomic mass is 10.3. The second kappa shape index (κ2) is 4.65. The number of para-hydroxylation sites is 1. The zero-order valence-electron chi connectivity index (χ0n) is 9.64. The van der Waals surface area contributed by atoms with E-state index in [2.05, 4.69) is 20.4 Å². The molecule has 0 radical (unpaired) electrons. The molecule has 0 aliphatic heterocycles. The van der Waals surface area contributed by atoms with Crippen molar-refractivity contribution < 1.29 is 4.74 Å². The van der Waals surface area contributed by atoms with Crippen molar-refractivity contribution in [1.29, 1.82) is 0 Å². The van der Waals surface area contributed by atoms with E-state index in [1.165, 1.54) is 0 Å². The number of ether oxygens (including phenoxy) is 1. The average Bonchev–Trinajstić information content (AvgIpc) is 2.67. The number of benzene rings is 1. The van der Waals surface area contributed by atoms with Crippen molar-refractivity contribution in [3.63, 3.8) is 0 Å². The summed E-state index contributed by atoms with van der Waals surface area (Å²) >= 11 is 0. The molecule has 6 nitrogen and oxygen atoms in total. The van der Waals surface area contributed by atoms with Gasteiger partial charge in [0.15, 0.2) is 5.82 Å². The zero-order chi connectivity index (χ0) is 12.3. The molecular weight excluding hydrogens is 218 g/mol. The van der Waals surface area contributed by atoms with Crippen LogP contribution in [0.5, 0.6) is 5.75 Å². The number of anilines is 1. The van der Waals surface area contributed by atoms with Gasteiger partial charge in [-0.15, -0.1) is 10.2 Å². The summed E-state index contributed by atoms with van der Waals surface area (Å²) in [5.74, 6) is 0.997. The van der Waals surface area contributed by atoms with Crippen LogP contribution in [0.2, 0.25) is 0 Å². The van der Waals surface area contributed by atoms with Gasteiger partial charge in [-0.2, -0.15) is 5.10 Å². The van der Waals surface area contributed by atoms with Crippen LogP contribution in [0, 0.1) is 6.92 Å². The largest absolute Gasteiger partial charge is 0.494 e. The third-order valence-corrected chi connectivity index (χ3v) is 2.28. The molecule has 6 heteroatoms. The van der Waals surface area contributed by atoms with Crippen LogP contribution >= 0.6 is 0 Å². The lowest BCUT2D eigenvalue weighted by molar-refractivity contribution is 0.416. The summed E-state index contributed by atoms with van der Waals surface area (Å²) in [4.78, 5) is 0. The predicted octanol–water partition coefficient (Wildman–Crippen LogP) is 2.72. The number of hydrogen-bond donors (Lipinski definition) is 2. The van der Waals surface area contributed by atoms with E-state index in [4.69, 9.17) is 10.5 Å². The molecule has 0 saturated heterocycles. The average molecular weight is 231 g/mol. The minimum atomic E-state index is 0.334. The molecule has 2 aromatic rings. The van der Waals surface area contributed by atoms with Crippen molar-refractivity contribution in [3.8, 4) is 5.75 Å². The van der Waals surface area contributed by atoms with Gasteiger partial charge in [0.1, 0.15) is 17.1 Å². The molecule has 0 aliphatic rings. The Balaban J connectivity index is 2.32. The van der Waals surface area contributed by atoms with E-state index in [1.54, 1.807) is 7.11 Å². The van der Waals surface area contributed by atoms with Gasteiger partial charge in [0.2, 0.25) is 0 Å². The van der Waals surface area contributed by atoms with Crippen molar-refractivity contribution in [3.05, 3.63) is 30.0 Å². The molecule has 1 heterocycles. The Kier molecular flexibility index (Phi) is 3.04. The first-order chi connectivity index (χ1) is 8.22. The summed E-state index contributed by atoms with van der Waals surface area (Å²) in [5, 5.41) is 14.8. The number of aryl methyl sites for hydroxylation is 1. The predicted molar refractivity (Wildman–Crippen MR) is 64.9 cm³/mol. The number of aromatic amines is 1. The van der Waals surface area contributed by atoms with E-state index >= 15 is 0 Å². The van der Waals surface area contributed by atoms with E-state index in [0.717, 1.165) is 5.69 Å². The number of azo groups is 1. The zero-order valence-corrected chi connectivity index (χ0v) is 9.64. The molecule has 0 aliphatic carbocycles. The van der Waals surface area contributed by atoms with E-state index in [0.29, 0.717) is 22.9 Å². The summed E-state index contributed by atoms with van der Waals surface area (Å²) < 4.78 is 5.17. The Morgan fingerprint density at radius 1 is 1.29 bits per heavy atom. The molecule has 1 aromatic carbocycles. The molecule has 1 aromatic heterocycles. The summed E-state index contributed by atoms with van der Waals surface area (Å²) in [6.07, 6.45) is 0. The molecule has 0 saturated carbocycles. The summed E-state index contributed by atoms with van der Waals surface area (Å²) in [6.45, 7) is 1.83. The Morgan fingerprint density at radius 2 is 2.06 bits per heavy atom. The second-order valence-corrected chi connectivity index (χ2v) is 3.45. The van der Waals surface area contributed by atoms with Crippen molar-refractivity contribution in [1.82, 2.24) is 10.2 Å². The van der Waals surface area contributed by atoms with Crippen molar-refractivity contribution in [2.45, 2.75) is 6.92 Å². The molecule has 2 rings (SSSR count). The summed E-state index contributed by atoms with van der Waals surface area (Å²) in [6, 6.07) is 7.37. The van der Waals surface area contributed by atoms with Crippen molar-refractivity contribution in [2.24, 2.45) is 10.2 Å². The molecule has 88 valence electrons. The first kappa shape index (κ1) is 11.1. The number of nitrogens with two attached hydrogens (primary N) is 1. The summed E-state index contributed by atoms with van der Waals surface area (Å²) in [5.41, 5.74) is 7.63. The molecule has 0 bridgehead atoms. The Hall–Kier alpha value is -2.37. The van der Waals surface area contributed by atoms with Crippen LogP contribution in [-0.2, 0) is 0 Å². The van der Waals surface area contributed by atoms with E-state index in [1.807, 2.05) is 31.2 Å². The van der Waals surface area contributed by atoms with E-state index in [-0.39, 0.29) is 0 Å². The number of H-pyrrole nitrogens is 1. The van der Waals surface area contributed by atoms with Gasteiger partial charge in [0.25, 0.3) is 0 Å². The fourth-order valence-electron chi connectivity index (χ4n) is 1.38. The van der Waals surface area contributed by atoms with Crippen LogP contribution in [-0.4, -0.2) is 17.3 Å². The van der Waals surface area contributed by atoms with Gasteiger partial charge >= 0.3 is 0 Å². The number of hydrogen-bond acceptors (Lipinski definition) is 5. The minimum absolute atomic E-state index is 0.334. The number of methoxy groups -OCH3 is 1. The standard InChI is InChI=1S/C11H13N5O/c1-7-10(11(12)16-13-7)15-14-8-5-3-4-6-9(8)17-2/h3-6H,1-2H3,(H3,12,13,16). The van der Waals surface area contributed by atoms with Gasteiger partial charge in [0.05, 0.1) is 12.8 Å². The highest BCUT2D eigenvalue weighted by atomic mass is 16.5. The van der Waals surface area contributed by atoms with Gasteiger partial charge in [-0.3, -0.25) is 5.10 Å². The molecule has 0 atom stereocenters. The molecule has 0 amide bonds. The topological polar surface area (TPSA) is 88.7 Å². The highest BCUT2D eigenvalue weighted by Gasteiger charge is 2.06. The number of rotatable bonds is 3. The quantitative estimate of drug-likeness (QED) is 0.796. The molecule has 0 spiro atoms. The van der Waals surface area contributed by atoms with E-state index in [9.17, 15) is 0 Å². The number of nitrogen functional groups attached to an aromatic ring is 1. The van der Waals surface area contributed by atoms with Gasteiger partial charge in [-0.25, -0.2) is 0 Å². The summed E-state index contributed by atoms with van der Waals surface area (Å²) in [7, 11) is 1.59. The van der Waals surface area contributed by atoms with Gasteiger partial charge in [-0.1, -0.05) is 12.1 Å². The third kappa shape index (κ3) is 2.25. The smallest absolute Gasteiger partial charge is 0.173 e. The molecule has 0 fully saturated rings. The molecular formula is C11H13N5O. The maximum Gasteiger partial charge on any atom is 0.173 e. The van der Waals surface area contributed by atoms with Crippen LogP contribution in [0.3, 0.4) is 0 Å². The van der Waals surface area contributed by atoms with Gasteiger partial charge in [-0.05, 0) is 19.1 Å². The lowest BCUT2D eigenvalue weighted by Crippen LogP contribution is -1.83. The van der Waals surface area contributed by atoms with Crippen molar-refractivity contribution >= 4 is 17.2 Å². The Bertz CT molecular complexity index is 527. The monoisotopic (exact) mass is 231 g/mol. The third-order valence-electron chi connectivity index (χ3n) is 2.28. The van der Waals surface area contributed by atoms with Crippen LogP contribution in [0.15, 0.2) is 34.5 Å². The maximum atomic E-state index is 5.65. The number of nitrogens with zero attached hydrogens (tertiary/aromatic N) is 3. The SMILES string of the molecule is COc1ccccc1N=Nc1c(N)n[nH]c1C. The Labute approximate surface area is 98.5 Å². The van der Waals surface area contributed by atoms with Gasteiger partial charge < -0.3 is 10.5 Å². The number of aromatic nitrogens is 2. The highest BCUT2D eigenvalue weighted by molar-refractivity contribution is 5.60. The molecule has 0 unspecified atom stereocenters. The second-order valence-electron chi connectivity index (χ2n) is 3.45. The first-order valence-corrected chi connectivity index (χ1v) is 5.07. The fourth-order valence-corrected chi connectivity index (χ4v) is 1.38. The fraction of sp³-hybridized carbons (Fsp3) is 0.182.